The van der Waals surface area contributed by atoms with Crippen LogP contribution in [0.2, 0.25) is 0 Å². The van der Waals surface area contributed by atoms with Crippen LogP contribution >= 0.6 is 15.9 Å². The minimum absolute atomic E-state index is 0.0327. The first kappa shape index (κ1) is 15.7. The average Bonchev–Trinajstić information content (AvgIpc) is 2.42. The van der Waals surface area contributed by atoms with E-state index in [1.807, 2.05) is 0 Å². The number of nitrogens with zero attached hydrogens (tertiary/aromatic N) is 2. The second kappa shape index (κ2) is 5.59. The fourth-order valence-corrected chi connectivity index (χ4v) is 2.71. The standard InChI is InChI=1S/C13H14BrFN2O4/c1-13(12(18)19)2-4-16(5-3-13)10-7-9(15)8(14)6-11(10)17(20)21/h6-7H,2-5H2,1H3,(H,18,19). The molecular weight excluding hydrogens is 347 g/mol. The molecule has 0 atom stereocenters. The Balaban J connectivity index is 2.30. The molecule has 1 N–H and O–H groups in total. The Morgan fingerprint density at radius 1 is 1.48 bits per heavy atom. The van der Waals surface area contributed by atoms with Gasteiger partial charge in [0.1, 0.15) is 11.5 Å². The van der Waals surface area contributed by atoms with Gasteiger partial charge in [0.05, 0.1) is 14.8 Å². The summed E-state index contributed by atoms with van der Waals surface area (Å²) in [5.41, 5.74) is -0.838. The Bertz CT molecular complexity index is 600. The Morgan fingerprint density at radius 3 is 2.52 bits per heavy atom. The molecule has 6 nitrogen and oxygen atoms in total. The maximum atomic E-state index is 13.7. The quantitative estimate of drug-likeness (QED) is 0.660. The number of carbonyl (C=O) groups is 1. The number of nitro benzene ring substituents is 1. The van der Waals surface area contributed by atoms with Crippen LogP contribution in [0.4, 0.5) is 15.8 Å². The Kier molecular flexibility index (Phi) is 4.18. The van der Waals surface area contributed by atoms with Crippen molar-refractivity contribution in [1.82, 2.24) is 0 Å². The van der Waals surface area contributed by atoms with Gasteiger partial charge in [-0.2, -0.15) is 0 Å². The van der Waals surface area contributed by atoms with E-state index in [1.54, 1.807) is 11.8 Å². The molecule has 1 heterocycles. The van der Waals surface area contributed by atoms with Crippen molar-refractivity contribution in [2.75, 3.05) is 18.0 Å². The SMILES string of the molecule is CC1(C(=O)O)CCN(c2cc(F)c(Br)cc2[N+](=O)[O-])CC1. The molecule has 0 saturated carbocycles. The average molecular weight is 361 g/mol. The molecular formula is C13H14BrFN2O4. The van der Waals surface area contributed by atoms with Gasteiger partial charge in [0.25, 0.3) is 5.69 Å². The molecule has 1 aliphatic rings. The number of nitro groups is 1. The van der Waals surface area contributed by atoms with Gasteiger partial charge in [-0.3, -0.25) is 14.9 Å². The summed E-state index contributed by atoms with van der Waals surface area (Å²) in [5, 5.41) is 20.3. The molecule has 2 rings (SSSR count). The number of aliphatic carboxylic acids is 1. The molecule has 0 amide bonds. The molecule has 1 aromatic rings. The molecule has 8 heteroatoms. The van der Waals surface area contributed by atoms with Gasteiger partial charge < -0.3 is 10.0 Å². The fraction of sp³-hybridized carbons (Fsp3) is 0.462. The zero-order valence-corrected chi connectivity index (χ0v) is 12.9. The smallest absolute Gasteiger partial charge is 0.309 e. The van der Waals surface area contributed by atoms with Crippen LogP contribution in [0.25, 0.3) is 0 Å². The summed E-state index contributed by atoms with van der Waals surface area (Å²) in [7, 11) is 0. The van der Waals surface area contributed by atoms with E-state index in [0.29, 0.717) is 25.9 Å². The lowest BCUT2D eigenvalue weighted by atomic mass is 9.80. The molecule has 0 unspecified atom stereocenters. The van der Waals surface area contributed by atoms with Gasteiger partial charge in [0, 0.05) is 25.2 Å². The van der Waals surface area contributed by atoms with E-state index < -0.39 is 22.1 Å². The van der Waals surface area contributed by atoms with Gasteiger partial charge in [0.2, 0.25) is 0 Å². The first-order chi connectivity index (χ1) is 9.74. The van der Waals surface area contributed by atoms with E-state index in [-0.39, 0.29) is 15.8 Å². The van der Waals surface area contributed by atoms with Gasteiger partial charge >= 0.3 is 5.97 Å². The summed E-state index contributed by atoms with van der Waals surface area (Å²) in [4.78, 5) is 23.4. The molecule has 0 aromatic heterocycles. The molecule has 114 valence electrons. The van der Waals surface area contributed by atoms with Gasteiger partial charge in [0.15, 0.2) is 0 Å². The second-order valence-corrected chi connectivity index (χ2v) is 6.22. The van der Waals surface area contributed by atoms with E-state index in [4.69, 9.17) is 0 Å². The second-order valence-electron chi connectivity index (χ2n) is 5.37. The number of anilines is 1. The maximum Gasteiger partial charge on any atom is 0.309 e. The molecule has 1 fully saturated rings. The van der Waals surface area contributed by atoms with Crippen molar-refractivity contribution >= 4 is 33.3 Å². The van der Waals surface area contributed by atoms with Crippen LogP contribution in [0, 0.1) is 21.3 Å². The predicted octanol–water partition coefficient (Wildman–Crippen LogP) is 3.19. The third-order valence-electron chi connectivity index (χ3n) is 3.94. The van der Waals surface area contributed by atoms with E-state index in [1.165, 1.54) is 0 Å². The van der Waals surface area contributed by atoms with Gasteiger partial charge in [-0.25, -0.2) is 4.39 Å². The van der Waals surface area contributed by atoms with Crippen LogP contribution in [0.15, 0.2) is 16.6 Å². The number of piperidine rings is 1. The highest BCUT2D eigenvalue weighted by atomic mass is 79.9. The van der Waals surface area contributed by atoms with Crippen LogP contribution in [-0.2, 0) is 4.79 Å². The van der Waals surface area contributed by atoms with Crippen LogP contribution < -0.4 is 4.90 Å². The van der Waals surface area contributed by atoms with E-state index in [9.17, 15) is 24.4 Å². The van der Waals surface area contributed by atoms with Crippen molar-refractivity contribution in [3.63, 3.8) is 0 Å². The summed E-state index contributed by atoms with van der Waals surface area (Å²) in [6.45, 7) is 2.33. The van der Waals surface area contributed by atoms with Crippen molar-refractivity contribution < 1.29 is 19.2 Å². The van der Waals surface area contributed by atoms with Crippen molar-refractivity contribution in [2.24, 2.45) is 5.41 Å². The Morgan fingerprint density at radius 2 is 2.05 bits per heavy atom. The van der Waals surface area contributed by atoms with Gasteiger partial charge in [-0.1, -0.05) is 0 Å². The first-order valence-electron chi connectivity index (χ1n) is 6.36. The molecule has 0 aliphatic carbocycles. The third kappa shape index (κ3) is 2.99. The number of hydrogen-bond acceptors (Lipinski definition) is 4. The third-order valence-corrected chi connectivity index (χ3v) is 4.55. The molecule has 1 aliphatic heterocycles. The number of carboxylic acid groups (broad SMARTS) is 1. The summed E-state index contributed by atoms with van der Waals surface area (Å²) in [6, 6.07) is 2.25. The molecule has 1 saturated heterocycles. The summed E-state index contributed by atoms with van der Waals surface area (Å²) >= 11 is 2.93. The summed E-state index contributed by atoms with van der Waals surface area (Å²) in [6.07, 6.45) is 0.717. The van der Waals surface area contributed by atoms with Crippen LogP contribution in [-0.4, -0.2) is 29.1 Å². The Labute approximate surface area is 128 Å². The fourth-order valence-electron chi connectivity index (χ4n) is 2.38. The molecule has 21 heavy (non-hydrogen) atoms. The molecule has 0 radical (unpaired) electrons. The number of rotatable bonds is 3. The highest BCUT2D eigenvalue weighted by Gasteiger charge is 2.38. The van der Waals surface area contributed by atoms with Crippen LogP contribution in [0.1, 0.15) is 19.8 Å². The first-order valence-corrected chi connectivity index (χ1v) is 7.16. The van der Waals surface area contributed by atoms with Gasteiger partial charge in [-0.05, 0) is 35.7 Å². The zero-order valence-electron chi connectivity index (χ0n) is 11.3. The van der Waals surface area contributed by atoms with Crippen molar-refractivity contribution in [3.8, 4) is 0 Å². The number of benzene rings is 1. The summed E-state index contributed by atoms with van der Waals surface area (Å²) in [5.74, 6) is -1.46. The topological polar surface area (TPSA) is 83.7 Å². The van der Waals surface area contributed by atoms with Crippen molar-refractivity contribution in [1.29, 1.82) is 0 Å². The highest BCUT2D eigenvalue weighted by Crippen LogP contribution is 2.38. The van der Waals surface area contributed by atoms with Crippen molar-refractivity contribution in [3.05, 3.63) is 32.5 Å². The highest BCUT2D eigenvalue weighted by molar-refractivity contribution is 9.10. The predicted molar refractivity (Wildman–Crippen MR) is 77.9 cm³/mol. The lowest BCUT2D eigenvalue weighted by Crippen LogP contribution is -2.42. The van der Waals surface area contributed by atoms with Crippen LogP contribution in [0.5, 0.6) is 0 Å². The number of carboxylic acids is 1. The van der Waals surface area contributed by atoms with Crippen molar-refractivity contribution in [2.45, 2.75) is 19.8 Å². The number of hydrogen-bond donors (Lipinski definition) is 1. The lowest BCUT2D eigenvalue weighted by Gasteiger charge is -2.37. The van der Waals surface area contributed by atoms with Crippen LogP contribution in [0.3, 0.4) is 0 Å². The largest absolute Gasteiger partial charge is 0.481 e. The maximum absolute atomic E-state index is 13.7. The normalized spacial score (nSPS) is 17.6. The lowest BCUT2D eigenvalue weighted by molar-refractivity contribution is -0.384. The van der Waals surface area contributed by atoms with E-state index >= 15 is 0 Å². The summed E-state index contributed by atoms with van der Waals surface area (Å²) < 4.78 is 13.7. The monoisotopic (exact) mass is 360 g/mol. The molecule has 0 bridgehead atoms. The van der Waals surface area contributed by atoms with E-state index in [0.717, 1.165) is 12.1 Å². The minimum atomic E-state index is -0.876. The van der Waals surface area contributed by atoms with E-state index in [2.05, 4.69) is 15.9 Å². The minimum Gasteiger partial charge on any atom is -0.481 e. The molecule has 1 aromatic carbocycles. The zero-order chi connectivity index (χ0) is 15.8. The van der Waals surface area contributed by atoms with Gasteiger partial charge in [-0.15, -0.1) is 0 Å². The molecule has 0 spiro atoms. The Hall–Kier alpha value is -1.70. The number of halogens is 2.